The molecule has 3 rings (SSSR count). The van der Waals surface area contributed by atoms with Gasteiger partial charge in [-0.05, 0) is 55.3 Å². The minimum atomic E-state index is 0.652. The van der Waals surface area contributed by atoms with Crippen molar-refractivity contribution in [2.45, 2.75) is 38.1 Å². The lowest BCUT2D eigenvalue weighted by atomic mass is 9.88. The van der Waals surface area contributed by atoms with Crippen molar-refractivity contribution in [2.75, 3.05) is 6.54 Å². The summed E-state index contributed by atoms with van der Waals surface area (Å²) in [5, 5.41) is 7.92. The first-order valence-electron chi connectivity index (χ1n) is 7.59. The van der Waals surface area contributed by atoms with Gasteiger partial charge in [0.15, 0.2) is 0 Å². The Morgan fingerprint density at radius 2 is 2.15 bits per heavy atom. The smallest absolute Gasteiger partial charge is 0.0521 e. The second kappa shape index (κ2) is 6.23. The highest BCUT2D eigenvalue weighted by molar-refractivity contribution is 5.30. The van der Waals surface area contributed by atoms with E-state index < -0.39 is 0 Å². The number of aryl methyl sites for hydroxylation is 3. The van der Waals surface area contributed by atoms with Crippen LogP contribution in [0, 0.1) is 0 Å². The van der Waals surface area contributed by atoms with Gasteiger partial charge in [0, 0.05) is 19.3 Å². The van der Waals surface area contributed by atoms with Gasteiger partial charge in [0.05, 0.1) is 6.20 Å². The highest BCUT2D eigenvalue weighted by Crippen LogP contribution is 2.20. The van der Waals surface area contributed by atoms with Gasteiger partial charge in [0.1, 0.15) is 0 Å². The van der Waals surface area contributed by atoms with E-state index in [9.17, 15) is 0 Å². The van der Waals surface area contributed by atoms with E-state index in [4.69, 9.17) is 0 Å². The van der Waals surface area contributed by atoms with E-state index in [1.54, 1.807) is 5.56 Å². The summed E-state index contributed by atoms with van der Waals surface area (Å²) in [5.41, 5.74) is 4.41. The van der Waals surface area contributed by atoms with Crippen molar-refractivity contribution < 1.29 is 0 Å². The number of hydrogen-bond donors (Lipinski definition) is 1. The largest absolute Gasteiger partial charge is 0.314 e. The first kappa shape index (κ1) is 13.4. The van der Waals surface area contributed by atoms with Crippen LogP contribution in [-0.4, -0.2) is 22.4 Å². The maximum atomic E-state index is 4.21. The first-order chi connectivity index (χ1) is 9.81. The molecule has 0 amide bonds. The topological polar surface area (TPSA) is 29.9 Å². The minimum absolute atomic E-state index is 0.652. The van der Waals surface area contributed by atoms with Crippen molar-refractivity contribution in [3.8, 4) is 0 Å². The molecule has 3 nitrogen and oxygen atoms in total. The lowest BCUT2D eigenvalue weighted by molar-refractivity contribution is 0.454. The van der Waals surface area contributed by atoms with Gasteiger partial charge in [-0.1, -0.05) is 24.3 Å². The number of nitrogens with one attached hydrogen (secondary N) is 1. The zero-order valence-electron chi connectivity index (χ0n) is 12.2. The molecule has 1 N–H and O–H groups in total. The monoisotopic (exact) mass is 269 g/mol. The lowest BCUT2D eigenvalue weighted by Gasteiger charge is -2.25. The summed E-state index contributed by atoms with van der Waals surface area (Å²) in [6, 6.07) is 9.51. The van der Waals surface area contributed by atoms with Crippen LogP contribution < -0.4 is 5.32 Å². The second-order valence-corrected chi connectivity index (χ2v) is 5.79. The van der Waals surface area contributed by atoms with Crippen molar-refractivity contribution in [1.29, 1.82) is 0 Å². The van der Waals surface area contributed by atoms with Crippen LogP contribution in [0.15, 0.2) is 36.7 Å². The lowest BCUT2D eigenvalue weighted by Crippen LogP contribution is -2.35. The number of nitrogens with zero attached hydrogens (tertiary/aromatic N) is 2. The van der Waals surface area contributed by atoms with E-state index in [0.29, 0.717) is 6.04 Å². The van der Waals surface area contributed by atoms with E-state index in [0.717, 1.165) is 13.0 Å². The maximum Gasteiger partial charge on any atom is 0.0521 e. The van der Waals surface area contributed by atoms with E-state index in [2.05, 4.69) is 40.9 Å². The normalized spacial score (nSPS) is 17.9. The molecule has 0 radical (unpaired) electrons. The molecule has 20 heavy (non-hydrogen) atoms. The van der Waals surface area contributed by atoms with Gasteiger partial charge in [-0.15, -0.1) is 0 Å². The Bertz CT molecular complexity index is 559. The number of fused-ring (bicyclic) bond motifs is 1. The van der Waals surface area contributed by atoms with Gasteiger partial charge in [-0.3, -0.25) is 4.68 Å². The van der Waals surface area contributed by atoms with Gasteiger partial charge < -0.3 is 5.32 Å². The van der Waals surface area contributed by atoms with E-state index in [1.807, 2.05) is 17.9 Å². The standard InChI is InChI=1S/C17H23N3/c1-20-13-14(12-19-20)5-4-10-18-17-9-8-15-6-2-3-7-16(15)11-17/h2-3,6-7,12-13,17-18H,4-5,8-11H2,1H3. The van der Waals surface area contributed by atoms with Crippen LogP contribution in [0.5, 0.6) is 0 Å². The number of aromatic nitrogens is 2. The maximum absolute atomic E-state index is 4.21. The molecule has 0 fully saturated rings. The average molecular weight is 269 g/mol. The molecular weight excluding hydrogens is 246 g/mol. The zero-order chi connectivity index (χ0) is 13.8. The molecule has 1 aromatic heterocycles. The SMILES string of the molecule is Cn1cc(CCCNC2CCc3ccccc3C2)cn1. The predicted octanol–water partition coefficient (Wildman–Crippen LogP) is 2.50. The Kier molecular flexibility index (Phi) is 4.16. The molecule has 0 bridgehead atoms. The fourth-order valence-corrected chi connectivity index (χ4v) is 3.07. The molecule has 0 saturated heterocycles. The Hall–Kier alpha value is -1.61. The second-order valence-electron chi connectivity index (χ2n) is 5.79. The van der Waals surface area contributed by atoms with E-state index in [1.165, 1.54) is 36.8 Å². The fraction of sp³-hybridized carbons (Fsp3) is 0.471. The first-order valence-corrected chi connectivity index (χ1v) is 7.59. The van der Waals surface area contributed by atoms with Crippen LogP contribution in [-0.2, 0) is 26.3 Å². The van der Waals surface area contributed by atoms with Crippen molar-refractivity contribution in [2.24, 2.45) is 7.05 Å². The van der Waals surface area contributed by atoms with E-state index in [-0.39, 0.29) is 0 Å². The summed E-state index contributed by atoms with van der Waals surface area (Å²) in [7, 11) is 1.97. The molecule has 1 heterocycles. The summed E-state index contributed by atoms with van der Waals surface area (Å²) in [6.07, 6.45) is 10.0. The molecule has 106 valence electrons. The summed E-state index contributed by atoms with van der Waals surface area (Å²) >= 11 is 0. The van der Waals surface area contributed by atoms with Crippen molar-refractivity contribution in [1.82, 2.24) is 15.1 Å². The zero-order valence-corrected chi connectivity index (χ0v) is 12.2. The molecule has 0 aliphatic heterocycles. The Morgan fingerprint density at radius 3 is 2.95 bits per heavy atom. The third-order valence-electron chi connectivity index (χ3n) is 4.18. The predicted molar refractivity (Wildman–Crippen MR) is 81.8 cm³/mol. The Labute approximate surface area is 121 Å². The summed E-state index contributed by atoms with van der Waals surface area (Å²) in [5.74, 6) is 0. The average Bonchev–Trinajstić information content (AvgIpc) is 2.89. The van der Waals surface area contributed by atoms with Gasteiger partial charge in [-0.25, -0.2) is 0 Å². The number of hydrogen-bond acceptors (Lipinski definition) is 2. The Balaban J connectivity index is 1.42. The van der Waals surface area contributed by atoms with Crippen LogP contribution in [0.3, 0.4) is 0 Å². The Morgan fingerprint density at radius 1 is 1.30 bits per heavy atom. The van der Waals surface area contributed by atoms with Crippen molar-refractivity contribution in [3.63, 3.8) is 0 Å². The molecule has 0 spiro atoms. The molecule has 1 unspecified atom stereocenters. The van der Waals surface area contributed by atoms with Gasteiger partial charge in [0.25, 0.3) is 0 Å². The van der Waals surface area contributed by atoms with Crippen LogP contribution >= 0.6 is 0 Å². The molecule has 2 aromatic rings. The summed E-state index contributed by atoms with van der Waals surface area (Å²) < 4.78 is 1.88. The molecular formula is C17H23N3. The van der Waals surface area contributed by atoms with Crippen molar-refractivity contribution in [3.05, 3.63) is 53.3 Å². The molecule has 1 aromatic carbocycles. The van der Waals surface area contributed by atoms with Crippen LogP contribution in [0.2, 0.25) is 0 Å². The molecule has 1 aliphatic rings. The third-order valence-corrected chi connectivity index (χ3v) is 4.18. The van der Waals surface area contributed by atoms with E-state index >= 15 is 0 Å². The van der Waals surface area contributed by atoms with Crippen LogP contribution in [0.4, 0.5) is 0 Å². The quantitative estimate of drug-likeness (QED) is 0.845. The van der Waals surface area contributed by atoms with Gasteiger partial charge >= 0.3 is 0 Å². The fourth-order valence-electron chi connectivity index (χ4n) is 3.07. The van der Waals surface area contributed by atoms with Gasteiger partial charge in [-0.2, -0.15) is 5.10 Å². The van der Waals surface area contributed by atoms with Crippen LogP contribution in [0.25, 0.3) is 0 Å². The number of benzene rings is 1. The highest BCUT2D eigenvalue weighted by atomic mass is 15.2. The molecule has 1 aliphatic carbocycles. The van der Waals surface area contributed by atoms with Crippen molar-refractivity contribution >= 4 is 0 Å². The summed E-state index contributed by atoms with van der Waals surface area (Å²) in [6.45, 7) is 1.10. The van der Waals surface area contributed by atoms with Gasteiger partial charge in [0.2, 0.25) is 0 Å². The summed E-state index contributed by atoms with van der Waals surface area (Å²) in [4.78, 5) is 0. The number of rotatable bonds is 5. The molecule has 1 atom stereocenters. The highest BCUT2D eigenvalue weighted by Gasteiger charge is 2.17. The molecule has 0 saturated carbocycles. The van der Waals surface area contributed by atoms with Crippen LogP contribution in [0.1, 0.15) is 29.5 Å². The minimum Gasteiger partial charge on any atom is -0.314 e. The molecule has 3 heteroatoms. The third kappa shape index (κ3) is 3.28.